The van der Waals surface area contributed by atoms with Crippen molar-refractivity contribution >= 4 is 10.1 Å². The highest BCUT2D eigenvalue weighted by molar-refractivity contribution is 7.85. The monoisotopic (exact) mass is 406 g/mol. The third kappa shape index (κ3) is 6.77. The van der Waals surface area contributed by atoms with Crippen LogP contribution in [0.1, 0.15) is 5.56 Å². The summed E-state index contributed by atoms with van der Waals surface area (Å²) in [5.41, 5.74) is 0.951. The summed E-state index contributed by atoms with van der Waals surface area (Å²) in [7, 11) is -1.22. The third-order valence-corrected chi connectivity index (χ3v) is 4.86. The van der Waals surface area contributed by atoms with Crippen LogP contribution in [0.3, 0.4) is 0 Å². The minimum absolute atomic E-state index is 0.0954. The lowest BCUT2D eigenvalue weighted by Gasteiger charge is -2.43. The van der Waals surface area contributed by atoms with Gasteiger partial charge in [0.15, 0.2) is 6.29 Å². The number of ether oxygens (including phenoxy) is 5. The van der Waals surface area contributed by atoms with E-state index in [1.54, 1.807) is 0 Å². The van der Waals surface area contributed by atoms with Crippen LogP contribution in [-0.4, -0.2) is 82.0 Å². The molecule has 0 bridgehead atoms. The summed E-state index contributed by atoms with van der Waals surface area (Å²) in [5.74, 6) is -0.542. The second-order valence-electron chi connectivity index (χ2n) is 6.09. The lowest BCUT2D eigenvalue weighted by atomic mass is 9.98. The standard InChI is InChI=1S/C17H26O9S/c1-22-15-14(18)13(11-24-8-9-27(19,20)21)26-17(23-2)16(15)25-10-12-6-4-3-5-7-12/h3-7,13-18H,8-11H2,1-2H3,(H,19,20,21)/t13?,14-,15?,16?,17+/m1/s1. The third-order valence-electron chi connectivity index (χ3n) is 4.18. The van der Waals surface area contributed by atoms with Gasteiger partial charge in [-0.1, -0.05) is 30.3 Å². The highest BCUT2D eigenvalue weighted by Gasteiger charge is 2.46. The van der Waals surface area contributed by atoms with Crippen LogP contribution in [-0.2, 0) is 40.4 Å². The van der Waals surface area contributed by atoms with E-state index in [9.17, 15) is 13.5 Å². The lowest BCUT2D eigenvalue weighted by Crippen LogP contribution is -2.60. The average Bonchev–Trinajstić information content (AvgIpc) is 2.64. The summed E-state index contributed by atoms with van der Waals surface area (Å²) in [5, 5.41) is 10.5. The summed E-state index contributed by atoms with van der Waals surface area (Å²) in [6.45, 7) is -0.0344. The Kier molecular flexibility index (Phi) is 8.58. The van der Waals surface area contributed by atoms with Crippen LogP contribution in [0.2, 0.25) is 0 Å². The van der Waals surface area contributed by atoms with E-state index >= 15 is 0 Å². The maximum absolute atomic E-state index is 10.7. The van der Waals surface area contributed by atoms with Crippen LogP contribution in [0.4, 0.5) is 0 Å². The van der Waals surface area contributed by atoms with Gasteiger partial charge >= 0.3 is 0 Å². The molecule has 0 saturated carbocycles. The van der Waals surface area contributed by atoms with Crippen molar-refractivity contribution in [2.45, 2.75) is 37.3 Å². The van der Waals surface area contributed by atoms with E-state index in [-0.39, 0.29) is 19.8 Å². The maximum atomic E-state index is 10.7. The first-order valence-corrected chi connectivity index (χ1v) is 10.0. The molecular weight excluding hydrogens is 380 g/mol. The van der Waals surface area contributed by atoms with Gasteiger partial charge in [-0.05, 0) is 5.56 Å². The number of aliphatic hydroxyl groups is 1. The zero-order valence-corrected chi connectivity index (χ0v) is 16.1. The predicted molar refractivity (Wildman–Crippen MR) is 94.7 cm³/mol. The van der Waals surface area contributed by atoms with Crippen LogP contribution in [0, 0.1) is 0 Å². The van der Waals surface area contributed by atoms with E-state index in [0.29, 0.717) is 0 Å². The Morgan fingerprint density at radius 1 is 1.11 bits per heavy atom. The van der Waals surface area contributed by atoms with Crippen LogP contribution in [0.5, 0.6) is 0 Å². The van der Waals surface area contributed by atoms with Crippen molar-refractivity contribution < 1.29 is 41.8 Å². The molecule has 0 amide bonds. The molecule has 0 spiro atoms. The van der Waals surface area contributed by atoms with Crippen molar-refractivity contribution in [3.05, 3.63) is 35.9 Å². The van der Waals surface area contributed by atoms with Crippen molar-refractivity contribution in [3.63, 3.8) is 0 Å². The second kappa shape index (κ2) is 10.4. The van der Waals surface area contributed by atoms with Crippen molar-refractivity contribution in [1.82, 2.24) is 0 Å². The molecule has 0 radical (unpaired) electrons. The molecular formula is C17H26O9S. The summed E-state index contributed by atoms with van der Waals surface area (Å²) in [6, 6.07) is 9.52. The Labute approximate surface area is 158 Å². The van der Waals surface area contributed by atoms with Gasteiger partial charge in [0.2, 0.25) is 0 Å². The molecule has 1 saturated heterocycles. The normalized spacial score (nSPS) is 29.0. The van der Waals surface area contributed by atoms with E-state index in [1.807, 2.05) is 30.3 Å². The van der Waals surface area contributed by atoms with E-state index < -0.39 is 46.6 Å². The van der Waals surface area contributed by atoms with Gasteiger partial charge in [-0.25, -0.2) is 0 Å². The fourth-order valence-electron chi connectivity index (χ4n) is 2.80. The van der Waals surface area contributed by atoms with Crippen molar-refractivity contribution in [2.75, 3.05) is 33.2 Å². The van der Waals surface area contributed by atoms with Gasteiger partial charge in [0.1, 0.15) is 24.4 Å². The molecule has 2 rings (SSSR count). The molecule has 1 aromatic carbocycles. The number of rotatable bonds is 10. The Hall–Kier alpha value is -1.11. The van der Waals surface area contributed by atoms with E-state index in [0.717, 1.165) is 5.56 Å². The van der Waals surface area contributed by atoms with Gasteiger partial charge in [-0.3, -0.25) is 4.55 Å². The van der Waals surface area contributed by atoms with Gasteiger partial charge in [0.05, 0.1) is 25.6 Å². The summed E-state index contributed by atoms with van der Waals surface area (Å²) >= 11 is 0. The fraction of sp³-hybridized carbons (Fsp3) is 0.647. The number of aliphatic hydroxyl groups excluding tert-OH is 1. The minimum atomic E-state index is -4.11. The molecule has 10 heteroatoms. The summed E-state index contributed by atoms with van der Waals surface area (Å²) < 4.78 is 57.6. The molecule has 3 unspecified atom stereocenters. The smallest absolute Gasteiger partial charge is 0.267 e. The Bertz CT molecular complexity index is 652. The predicted octanol–water partition coefficient (Wildman–Crippen LogP) is 0.223. The number of hydrogen-bond donors (Lipinski definition) is 2. The molecule has 27 heavy (non-hydrogen) atoms. The van der Waals surface area contributed by atoms with Gasteiger partial charge < -0.3 is 28.8 Å². The molecule has 1 aromatic rings. The zero-order chi connectivity index (χ0) is 19.9. The van der Waals surface area contributed by atoms with Crippen LogP contribution < -0.4 is 0 Å². The Morgan fingerprint density at radius 3 is 2.41 bits per heavy atom. The molecule has 9 nitrogen and oxygen atoms in total. The topological polar surface area (TPSA) is 121 Å². The summed E-state index contributed by atoms with van der Waals surface area (Å²) in [6.07, 6.45) is -4.10. The quantitative estimate of drug-likeness (QED) is 0.415. The fourth-order valence-corrected chi connectivity index (χ4v) is 3.12. The summed E-state index contributed by atoms with van der Waals surface area (Å²) in [4.78, 5) is 0. The second-order valence-corrected chi connectivity index (χ2v) is 7.66. The first kappa shape index (κ1) is 22.2. The molecule has 1 fully saturated rings. The van der Waals surface area contributed by atoms with Crippen molar-refractivity contribution in [3.8, 4) is 0 Å². The van der Waals surface area contributed by atoms with Crippen LogP contribution in [0.25, 0.3) is 0 Å². The lowest BCUT2D eigenvalue weighted by molar-refractivity contribution is -0.310. The maximum Gasteiger partial charge on any atom is 0.267 e. The molecule has 1 aliphatic heterocycles. The van der Waals surface area contributed by atoms with Crippen LogP contribution in [0.15, 0.2) is 30.3 Å². The van der Waals surface area contributed by atoms with E-state index in [1.165, 1.54) is 14.2 Å². The molecule has 154 valence electrons. The first-order chi connectivity index (χ1) is 12.9. The largest absolute Gasteiger partial charge is 0.387 e. The van der Waals surface area contributed by atoms with Gasteiger partial charge in [0, 0.05) is 14.2 Å². The van der Waals surface area contributed by atoms with Crippen molar-refractivity contribution in [2.24, 2.45) is 0 Å². The zero-order valence-electron chi connectivity index (χ0n) is 15.3. The highest BCUT2D eigenvalue weighted by Crippen LogP contribution is 2.27. The van der Waals surface area contributed by atoms with Crippen LogP contribution >= 0.6 is 0 Å². The molecule has 5 atom stereocenters. The molecule has 1 aliphatic rings. The Morgan fingerprint density at radius 2 is 1.81 bits per heavy atom. The average molecular weight is 406 g/mol. The van der Waals surface area contributed by atoms with Gasteiger partial charge in [0.25, 0.3) is 10.1 Å². The number of benzene rings is 1. The van der Waals surface area contributed by atoms with Gasteiger partial charge in [-0.2, -0.15) is 8.42 Å². The van der Waals surface area contributed by atoms with E-state index in [2.05, 4.69) is 0 Å². The molecule has 1 heterocycles. The SMILES string of the molecule is COC1C(OCc2ccccc2)[C@@H](OC)OC(COCCS(=O)(=O)O)[C@H]1O. The minimum Gasteiger partial charge on any atom is -0.387 e. The van der Waals surface area contributed by atoms with Gasteiger partial charge in [-0.15, -0.1) is 0 Å². The first-order valence-electron chi connectivity index (χ1n) is 8.43. The number of methoxy groups -OCH3 is 2. The van der Waals surface area contributed by atoms with E-state index in [4.69, 9.17) is 28.2 Å². The Balaban J connectivity index is 1.95. The van der Waals surface area contributed by atoms with Crippen molar-refractivity contribution in [1.29, 1.82) is 0 Å². The molecule has 2 N–H and O–H groups in total. The number of hydrogen-bond acceptors (Lipinski definition) is 8. The molecule has 0 aromatic heterocycles. The molecule has 0 aliphatic carbocycles. The highest BCUT2D eigenvalue weighted by atomic mass is 32.2.